The van der Waals surface area contributed by atoms with Crippen molar-refractivity contribution in [3.63, 3.8) is 0 Å². The SMILES string of the molecule is COc1ccc([C@@H]2C=CCC[C@H]2C=O)cc1OC. The predicted octanol–water partition coefficient (Wildman–Crippen LogP) is 2.95. The molecule has 0 N–H and O–H groups in total. The van der Waals surface area contributed by atoms with Crippen LogP contribution in [-0.4, -0.2) is 20.5 Å². The minimum absolute atomic E-state index is 0.0631. The van der Waals surface area contributed by atoms with Gasteiger partial charge in [-0.15, -0.1) is 0 Å². The van der Waals surface area contributed by atoms with Crippen LogP contribution in [0.25, 0.3) is 0 Å². The summed E-state index contributed by atoms with van der Waals surface area (Å²) in [6.07, 6.45) is 7.21. The predicted molar refractivity (Wildman–Crippen MR) is 70.2 cm³/mol. The van der Waals surface area contributed by atoms with Crippen molar-refractivity contribution >= 4 is 6.29 Å². The first-order valence-corrected chi connectivity index (χ1v) is 6.14. The molecule has 3 nitrogen and oxygen atoms in total. The van der Waals surface area contributed by atoms with E-state index < -0.39 is 0 Å². The van der Waals surface area contributed by atoms with Crippen molar-refractivity contribution < 1.29 is 14.3 Å². The zero-order valence-electron chi connectivity index (χ0n) is 10.8. The number of hydrogen-bond acceptors (Lipinski definition) is 3. The Morgan fingerprint density at radius 3 is 2.67 bits per heavy atom. The van der Waals surface area contributed by atoms with E-state index in [2.05, 4.69) is 12.2 Å². The second kappa shape index (κ2) is 5.71. The van der Waals surface area contributed by atoms with E-state index in [1.54, 1.807) is 14.2 Å². The Kier molecular flexibility index (Phi) is 4.03. The molecule has 1 aromatic rings. The molecule has 0 fully saturated rings. The first-order valence-electron chi connectivity index (χ1n) is 6.14. The van der Waals surface area contributed by atoms with Gasteiger partial charge in [-0.3, -0.25) is 0 Å². The molecule has 0 unspecified atom stereocenters. The quantitative estimate of drug-likeness (QED) is 0.605. The van der Waals surface area contributed by atoms with Gasteiger partial charge in [0.2, 0.25) is 0 Å². The molecule has 96 valence electrons. The summed E-state index contributed by atoms with van der Waals surface area (Å²) in [4.78, 5) is 11.1. The topological polar surface area (TPSA) is 35.5 Å². The molecule has 2 rings (SSSR count). The molecular weight excluding hydrogens is 228 g/mol. The van der Waals surface area contributed by atoms with Crippen molar-refractivity contribution in [3.05, 3.63) is 35.9 Å². The van der Waals surface area contributed by atoms with Crippen molar-refractivity contribution in [2.45, 2.75) is 18.8 Å². The van der Waals surface area contributed by atoms with Crippen LogP contribution in [-0.2, 0) is 4.79 Å². The van der Waals surface area contributed by atoms with Gasteiger partial charge in [0.15, 0.2) is 11.5 Å². The Bertz CT molecular complexity index is 451. The summed E-state index contributed by atoms with van der Waals surface area (Å²) < 4.78 is 10.5. The summed E-state index contributed by atoms with van der Waals surface area (Å²) in [6.45, 7) is 0. The average Bonchev–Trinajstić information content (AvgIpc) is 2.46. The summed E-state index contributed by atoms with van der Waals surface area (Å²) in [5, 5.41) is 0. The van der Waals surface area contributed by atoms with Gasteiger partial charge >= 0.3 is 0 Å². The number of rotatable bonds is 4. The van der Waals surface area contributed by atoms with Gasteiger partial charge in [-0.25, -0.2) is 0 Å². The third-order valence-corrected chi connectivity index (χ3v) is 3.44. The van der Waals surface area contributed by atoms with Gasteiger partial charge in [0.1, 0.15) is 6.29 Å². The van der Waals surface area contributed by atoms with E-state index >= 15 is 0 Å². The number of carbonyl (C=O) groups excluding carboxylic acids is 1. The molecule has 0 bridgehead atoms. The normalized spacial score (nSPS) is 22.6. The van der Waals surface area contributed by atoms with Crippen molar-refractivity contribution in [1.82, 2.24) is 0 Å². The van der Waals surface area contributed by atoms with Crippen LogP contribution < -0.4 is 9.47 Å². The standard InChI is InChI=1S/C15H18O3/c1-17-14-8-7-11(9-15(14)18-2)13-6-4-3-5-12(13)10-16/h4,6-10,12-13H,3,5H2,1-2H3/t12-,13-/m0/s1. The number of ether oxygens (including phenoxy) is 2. The number of carbonyl (C=O) groups is 1. The van der Waals surface area contributed by atoms with E-state index in [4.69, 9.17) is 9.47 Å². The summed E-state index contributed by atoms with van der Waals surface area (Å²) in [7, 11) is 3.24. The second-order valence-corrected chi connectivity index (χ2v) is 4.45. The molecule has 2 atom stereocenters. The molecule has 0 saturated carbocycles. The lowest BCUT2D eigenvalue weighted by Gasteiger charge is -2.24. The van der Waals surface area contributed by atoms with Crippen molar-refractivity contribution in [2.24, 2.45) is 5.92 Å². The number of hydrogen-bond donors (Lipinski definition) is 0. The molecule has 0 radical (unpaired) electrons. The Hall–Kier alpha value is -1.77. The highest BCUT2D eigenvalue weighted by Crippen LogP contribution is 2.36. The van der Waals surface area contributed by atoms with Crippen molar-refractivity contribution in [3.8, 4) is 11.5 Å². The van der Waals surface area contributed by atoms with Crippen LogP contribution in [0.5, 0.6) is 11.5 Å². The Morgan fingerprint density at radius 2 is 2.00 bits per heavy atom. The van der Waals surface area contributed by atoms with Crippen LogP contribution in [0.2, 0.25) is 0 Å². The van der Waals surface area contributed by atoms with Crippen LogP contribution in [0.4, 0.5) is 0 Å². The van der Waals surface area contributed by atoms with Crippen LogP contribution in [0.15, 0.2) is 30.4 Å². The molecule has 0 heterocycles. The highest BCUT2D eigenvalue weighted by Gasteiger charge is 2.23. The van der Waals surface area contributed by atoms with Crippen molar-refractivity contribution in [2.75, 3.05) is 14.2 Å². The van der Waals surface area contributed by atoms with E-state index in [0.717, 1.165) is 24.7 Å². The summed E-state index contributed by atoms with van der Waals surface area (Å²) in [6, 6.07) is 5.84. The highest BCUT2D eigenvalue weighted by atomic mass is 16.5. The molecule has 1 aliphatic rings. The van der Waals surface area contributed by atoms with Gasteiger partial charge in [0.25, 0.3) is 0 Å². The first-order chi connectivity index (χ1) is 8.80. The van der Waals surface area contributed by atoms with E-state index in [0.29, 0.717) is 11.5 Å². The Labute approximate surface area is 107 Å². The molecule has 1 aliphatic carbocycles. The van der Waals surface area contributed by atoms with Crippen LogP contribution in [0.1, 0.15) is 24.3 Å². The zero-order chi connectivity index (χ0) is 13.0. The maximum Gasteiger partial charge on any atom is 0.161 e. The highest BCUT2D eigenvalue weighted by molar-refractivity contribution is 5.58. The minimum atomic E-state index is 0.0631. The lowest BCUT2D eigenvalue weighted by molar-refractivity contribution is -0.111. The van der Waals surface area contributed by atoms with Gasteiger partial charge in [0, 0.05) is 11.8 Å². The fourth-order valence-electron chi connectivity index (χ4n) is 2.42. The maximum absolute atomic E-state index is 11.1. The Morgan fingerprint density at radius 1 is 1.22 bits per heavy atom. The zero-order valence-corrected chi connectivity index (χ0v) is 10.8. The summed E-state index contributed by atoms with van der Waals surface area (Å²) in [5.41, 5.74) is 1.10. The number of allylic oxidation sites excluding steroid dienone is 2. The third kappa shape index (κ3) is 2.40. The smallest absolute Gasteiger partial charge is 0.161 e. The molecule has 1 aromatic carbocycles. The lowest BCUT2D eigenvalue weighted by Crippen LogP contribution is -2.15. The maximum atomic E-state index is 11.1. The fraction of sp³-hybridized carbons (Fsp3) is 0.400. The second-order valence-electron chi connectivity index (χ2n) is 4.45. The molecule has 0 spiro atoms. The van der Waals surface area contributed by atoms with Gasteiger partial charge < -0.3 is 14.3 Å². The molecule has 18 heavy (non-hydrogen) atoms. The average molecular weight is 246 g/mol. The van der Waals surface area contributed by atoms with Gasteiger partial charge in [-0.2, -0.15) is 0 Å². The van der Waals surface area contributed by atoms with Crippen LogP contribution in [0.3, 0.4) is 0 Å². The number of methoxy groups -OCH3 is 2. The van der Waals surface area contributed by atoms with E-state index in [1.807, 2.05) is 18.2 Å². The first kappa shape index (κ1) is 12.7. The number of aldehydes is 1. The number of benzene rings is 1. The Balaban J connectivity index is 2.35. The lowest BCUT2D eigenvalue weighted by atomic mass is 9.80. The van der Waals surface area contributed by atoms with Crippen LogP contribution >= 0.6 is 0 Å². The van der Waals surface area contributed by atoms with Gasteiger partial charge in [0.05, 0.1) is 14.2 Å². The summed E-state index contributed by atoms with van der Waals surface area (Å²) >= 11 is 0. The third-order valence-electron chi connectivity index (χ3n) is 3.44. The molecule has 3 heteroatoms. The fourth-order valence-corrected chi connectivity index (χ4v) is 2.42. The molecule has 0 aromatic heterocycles. The molecular formula is C15H18O3. The minimum Gasteiger partial charge on any atom is -0.493 e. The molecule has 0 amide bonds. The monoisotopic (exact) mass is 246 g/mol. The molecule has 0 saturated heterocycles. The molecule has 0 aliphatic heterocycles. The van der Waals surface area contributed by atoms with Gasteiger partial charge in [-0.05, 0) is 30.5 Å². The largest absolute Gasteiger partial charge is 0.493 e. The van der Waals surface area contributed by atoms with Crippen LogP contribution in [0, 0.1) is 5.92 Å². The van der Waals surface area contributed by atoms with Gasteiger partial charge in [-0.1, -0.05) is 18.2 Å². The van der Waals surface area contributed by atoms with E-state index in [9.17, 15) is 4.79 Å². The summed E-state index contributed by atoms with van der Waals surface area (Å²) in [5.74, 6) is 1.63. The van der Waals surface area contributed by atoms with E-state index in [1.165, 1.54) is 0 Å². The van der Waals surface area contributed by atoms with Crippen molar-refractivity contribution in [1.29, 1.82) is 0 Å². The van der Waals surface area contributed by atoms with E-state index in [-0.39, 0.29) is 11.8 Å².